The number of carbonyl (C=O) groups excluding carboxylic acids is 1. The van der Waals surface area contributed by atoms with Crippen molar-refractivity contribution in [1.29, 1.82) is 0 Å². The van der Waals surface area contributed by atoms with Crippen molar-refractivity contribution >= 4 is 5.78 Å². The number of phenols is 1. The van der Waals surface area contributed by atoms with E-state index in [0.29, 0.717) is 25.0 Å². The van der Waals surface area contributed by atoms with Crippen LogP contribution in [0.4, 0.5) is 0 Å². The van der Waals surface area contributed by atoms with Gasteiger partial charge < -0.3 is 14.9 Å². The van der Waals surface area contributed by atoms with Gasteiger partial charge in [-0.15, -0.1) is 0 Å². The predicted molar refractivity (Wildman–Crippen MR) is 143 cm³/mol. The molecule has 0 fully saturated rings. The number of carbonyl (C=O) groups is 1. The zero-order chi connectivity index (χ0) is 26.0. The standard InChI is InChI=1S/C31H48O4/c1-8-9-10-11-14-30(4,5)22-18-25(33)28-23-17-21(26(34)20-29(2,3)15-16-32)12-13-24(23)31(6,7)35-27(28)19-22/h12,18-19,23-24,32-33H,8-11,13-17,20H2,1-7H3/t23-,24-/m1/s1. The molecule has 1 aliphatic heterocycles. The molecule has 0 aromatic heterocycles. The predicted octanol–water partition coefficient (Wildman–Crippen LogP) is 7.60. The molecular formula is C31H48O4. The van der Waals surface area contributed by atoms with Crippen LogP contribution in [0.2, 0.25) is 0 Å². The van der Waals surface area contributed by atoms with Crippen molar-refractivity contribution in [2.45, 2.75) is 123 Å². The summed E-state index contributed by atoms with van der Waals surface area (Å²) in [6.45, 7) is 15.2. The number of rotatable bonds is 11. The summed E-state index contributed by atoms with van der Waals surface area (Å²) in [7, 11) is 0. The van der Waals surface area contributed by atoms with E-state index >= 15 is 0 Å². The molecule has 1 heterocycles. The molecule has 2 N–H and O–H groups in total. The van der Waals surface area contributed by atoms with Crippen molar-refractivity contribution in [3.8, 4) is 11.5 Å². The lowest BCUT2D eigenvalue weighted by molar-refractivity contribution is -0.118. The summed E-state index contributed by atoms with van der Waals surface area (Å²) in [6, 6.07) is 4.10. The second-order valence-corrected chi connectivity index (χ2v) is 12.9. The SMILES string of the molecule is CCCCCCC(C)(C)c1cc(O)c2c(c1)OC(C)(C)[C@@H]1CC=C(C(=O)CC(C)(C)CCO)C[C@@H]21. The zero-order valence-corrected chi connectivity index (χ0v) is 23.2. The molecule has 0 unspecified atom stereocenters. The highest BCUT2D eigenvalue weighted by Crippen LogP contribution is 2.55. The number of ketones is 1. The maximum Gasteiger partial charge on any atom is 0.159 e. The van der Waals surface area contributed by atoms with Crippen molar-refractivity contribution < 1.29 is 19.7 Å². The maximum absolute atomic E-state index is 13.2. The third kappa shape index (κ3) is 6.31. The van der Waals surface area contributed by atoms with Crippen molar-refractivity contribution in [2.75, 3.05) is 6.61 Å². The van der Waals surface area contributed by atoms with E-state index in [4.69, 9.17) is 4.74 Å². The largest absolute Gasteiger partial charge is 0.508 e. The molecule has 2 atom stereocenters. The summed E-state index contributed by atoms with van der Waals surface area (Å²) in [5.41, 5.74) is 2.20. The number of phenolic OH excluding ortho intramolecular Hbond substituents is 1. The fourth-order valence-electron chi connectivity index (χ4n) is 6.09. The van der Waals surface area contributed by atoms with Crippen molar-refractivity contribution in [3.63, 3.8) is 0 Å². The van der Waals surface area contributed by atoms with Crippen LogP contribution in [0.5, 0.6) is 11.5 Å². The van der Waals surface area contributed by atoms with Crippen LogP contribution >= 0.6 is 0 Å². The molecule has 0 saturated heterocycles. The van der Waals surface area contributed by atoms with E-state index in [-0.39, 0.29) is 40.7 Å². The van der Waals surface area contributed by atoms with Gasteiger partial charge in [-0.2, -0.15) is 0 Å². The fourth-order valence-corrected chi connectivity index (χ4v) is 6.09. The highest BCUT2D eigenvalue weighted by molar-refractivity contribution is 5.96. The molecule has 1 aliphatic carbocycles. The minimum absolute atomic E-state index is 0.0452. The number of fused-ring (bicyclic) bond motifs is 3. The Balaban J connectivity index is 1.89. The Hall–Kier alpha value is -1.81. The van der Waals surface area contributed by atoms with Gasteiger partial charge in [-0.1, -0.05) is 66.4 Å². The van der Waals surface area contributed by atoms with Gasteiger partial charge in [0.2, 0.25) is 0 Å². The number of unbranched alkanes of at least 4 members (excludes halogenated alkanes) is 3. The maximum atomic E-state index is 13.2. The molecule has 1 aromatic carbocycles. The monoisotopic (exact) mass is 484 g/mol. The van der Waals surface area contributed by atoms with Gasteiger partial charge in [-0.05, 0) is 73.6 Å². The molecule has 0 amide bonds. The van der Waals surface area contributed by atoms with Gasteiger partial charge in [-0.3, -0.25) is 4.79 Å². The summed E-state index contributed by atoms with van der Waals surface area (Å²) in [5.74, 6) is 1.51. The lowest BCUT2D eigenvalue weighted by atomic mass is 9.65. The van der Waals surface area contributed by atoms with E-state index in [1.54, 1.807) is 0 Å². The van der Waals surface area contributed by atoms with Crippen LogP contribution in [0.1, 0.15) is 123 Å². The number of allylic oxidation sites excluding steroid dienone is 2. The molecule has 4 heteroatoms. The third-order valence-electron chi connectivity index (χ3n) is 8.52. The van der Waals surface area contributed by atoms with Gasteiger partial charge in [-0.25, -0.2) is 0 Å². The Morgan fingerprint density at radius 3 is 2.49 bits per heavy atom. The molecule has 4 nitrogen and oxygen atoms in total. The topological polar surface area (TPSA) is 66.8 Å². The van der Waals surface area contributed by atoms with Gasteiger partial charge in [0.05, 0.1) is 0 Å². The Kier molecular flexibility index (Phi) is 8.46. The van der Waals surface area contributed by atoms with E-state index < -0.39 is 0 Å². The first-order valence-corrected chi connectivity index (χ1v) is 13.7. The second-order valence-electron chi connectivity index (χ2n) is 12.9. The van der Waals surface area contributed by atoms with E-state index in [0.717, 1.165) is 35.3 Å². The minimum atomic E-state index is -0.380. The first-order valence-electron chi connectivity index (χ1n) is 13.7. The quantitative estimate of drug-likeness (QED) is 0.317. The lowest BCUT2D eigenvalue weighted by Gasteiger charge is -2.47. The first kappa shape index (κ1) is 27.8. The van der Waals surface area contributed by atoms with E-state index in [2.05, 4.69) is 46.8 Å². The molecule has 1 aromatic rings. The summed E-state index contributed by atoms with van der Waals surface area (Å²) in [5, 5.41) is 20.6. The lowest BCUT2D eigenvalue weighted by Crippen LogP contribution is -2.46. The van der Waals surface area contributed by atoms with Crippen LogP contribution in [0.3, 0.4) is 0 Å². The molecule has 196 valence electrons. The van der Waals surface area contributed by atoms with E-state index in [1.807, 2.05) is 19.9 Å². The number of ether oxygens (including phenoxy) is 1. The van der Waals surface area contributed by atoms with Crippen LogP contribution in [-0.4, -0.2) is 28.2 Å². The average molecular weight is 485 g/mol. The number of aliphatic hydroxyl groups is 1. The molecule has 0 spiro atoms. The summed E-state index contributed by atoms with van der Waals surface area (Å²) >= 11 is 0. The van der Waals surface area contributed by atoms with Crippen LogP contribution in [0.25, 0.3) is 0 Å². The van der Waals surface area contributed by atoms with Crippen LogP contribution in [0, 0.1) is 11.3 Å². The molecule has 0 radical (unpaired) electrons. The van der Waals surface area contributed by atoms with Crippen molar-refractivity contribution in [3.05, 3.63) is 34.9 Å². The Morgan fingerprint density at radius 1 is 1.11 bits per heavy atom. The van der Waals surface area contributed by atoms with Crippen molar-refractivity contribution in [2.24, 2.45) is 11.3 Å². The molecule has 0 saturated carbocycles. The van der Waals surface area contributed by atoms with E-state index in [9.17, 15) is 15.0 Å². The second kappa shape index (κ2) is 10.7. The number of benzene rings is 1. The summed E-state index contributed by atoms with van der Waals surface area (Å²) in [6.07, 6.45) is 10.5. The first-order chi connectivity index (χ1) is 16.3. The van der Waals surface area contributed by atoms with Crippen LogP contribution < -0.4 is 4.74 Å². The number of hydrogen-bond acceptors (Lipinski definition) is 4. The summed E-state index contributed by atoms with van der Waals surface area (Å²) in [4.78, 5) is 13.2. The zero-order valence-electron chi connectivity index (χ0n) is 23.2. The summed E-state index contributed by atoms with van der Waals surface area (Å²) < 4.78 is 6.55. The molecule has 35 heavy (non-hydrogen) atoms. The van der Waals surface area contributed by atoms with Crippen LogP contribution in [-0.2, 0) is 10.2 Å². The van der Waals surface area contributed by atoms with Gasteiger partial charge >= 0.3 is 0 Å². The molecule has 0 bridgehead atoms. The third-order valence-corrected chi connectivity index (χ3v) is 8.52. The Bertz CT molecular complexity index is 938. The van der Waals surface area contributed by atoms with Crippen molar-refractivity contribution in [1.82, 2.24) is 0 Å². The van der Waals surface area contributed by atoms with E-state index in [1.165, 1.54) is 25.7 Å². The number of aromatic hydroxyl groups is 1. The number of hydrogen-bond donors (Lipinski definition) is 2. The smallest absolute Gasteiger partial charge is 0.159 e. The molecule has 3 rings (SSSR count). The Morgan fingerprint density at radius 2 is 1.83 bits per heavy atom. The fraction of sp³-hybridized carbons (Fsp3) is 0.710. The average Bonchev–Trinajstić information content (AvgIpc) is 2.75. The Labute approximate surface area is 213 Å². The normalized spacial score (nSPS) is 21.5. The minimum Gasteiger partial charge on any atom is -0.508 e. The van der Waals surface area contributed by atoms with Gasteiger partial charge in [0, 0.05) is 30.4 Å². The highest BCUT2D eigenvalue weighted by atomic mass is 16.5. The highest BCUT2D eigenvalue weighted by Gasteiger charge is 2.47. The molecule has 2 aliphatic rings. The number of aliphatic hydroxyl groups excluding tert-OH is 1. The van der Waals surface area contributed by atoms with Gasteiger partial charge in [0.15, 0.2) is 5.78 Å². The van der Waals surface area contributed by atoms with Gasteiger partial charge in [0.1, 0.15) is 17.1 Å². The van der Waals surface area contributed by atoms with Gasteiger partial charge in [0.25, 0.3) is 0 Å². The molecular weight excluding hydrogens is 436 g/mol. The van der Waals surface area contributed by atoms with Crippen LogP contribution in [0.15, 0.2) is 23.8 Å². The number of Topliss-reactive ketones (excluding diaryl/α,β-unsaturated/α-hetero) is 1.